The summed E-state index contributed by atoms with van der Waals surface area (Å²) in [7, 11) is -4.03. The molecule has 0 spiro atoms. The Balaban J connectivity index is 1.74. The summed E-state index contributed by atoms with van der Waals surface area (Å²) in [4.78, 5) is 20.1. The SMILES string of the molecule is Cc1cc(-c2ccc(C(=O)NS(=O)(=O)N3CC[C@H](N)C3)c(N3CCC(C)C3(C)C)n2)ccc1F. The maximum atomic E-state index is 13.8. The van der Waals surface area contributed by atoms with Crippen molar-refractivity contribution in [2.75, 3.05) is 24.5 Å². The predicted molar refractivity (Wildman–Crippen MR) is 130 cm³/mol. The van der Waals surface area contributed by atoms with E-state index in [0.29, 0.717) is 36.0 Å². The minimum Gasteiger partial charge on any atom is -0.351 e. The number of nitrogens with zero attached hydrogens (tertiary/aromatic N) is 3. The van der Waals surface area contributed by atoms with Crippen LogP contribution in [-0.4, -0.2) is 54.8 Å². The number of pyridine rings is 1. The second-order valence-electron chi connectivity index (χ2n) is 9.87. The summed E-state index contributed by atoms with van der Waals surface area (Å²) in [5.41, 5.74) is 7.53. The lowest BCUT2D eigenvalue weighted by Crippen LogP contribution is -2.45. The molecule has 1 amide bonds. The third-order valence-corrected chi connectivity index (χ3v) is 8.72. The second-order valence-corrected chi connectivity index (χ2v) is 11.5. The third kappa shape index (κ3) is 4.54. The van der Waals surface area contributed by atoms with Gasteiger partial charge in [0.15, 0.2) is 0 Å². The summed E-state index contributed by atoms with van der Waals surface area (Å²) in [6.07, 6.45) is 1.47. The van der Waals surface area contributed by atoms with Crippen molar-refractivity contribution in [2.24, 2.45) is 11.7 Å². The van der Waals surface area contributed by atoms with Crippen LogP contribution in [-0.2, 0) is 10.2 Å². The lowest BCUT2D eigenvalue weighted by molar-refractivity contribution is 0.0979. The number of halogens is 1. The number of carbonyl (C=O) groups is 1. The quantitative estimate of drug-likeness (QED) is 0.669. The molecule has 1 unspecified atom stereocenters. The highest BCUT2D eigenvalue weighted by atomic mass is 32.2. The molecule has 2 aromatic rings. The Morgan fingerprint density at radius 2 is 1.94 bits per heavy atom. The van der Waals surface area contributed by atoms with Gasteiger partial charge < -0.3 is 10.6 Å². The fourth-order valence-electron chi connectivity index (χ4n) is 4.61. The zero-order valence-corrected chi connectivity index (χ0v) is 20.8. The number of benzene rings is 1. The maximum absolute atomic E-state index is 13.8. The molecule has 0 bridgehead atoms. The molecule has 8 nitrogen and oxygen atoms in total. The number of aryl methyl sites for hydroxylation is 1. The van der Waals surface area contributed by atoms with Gasteiger partial charge in [-0.2, -0.15) is 12.7 Å². The summed E-state index contributed by atoms with van der Waals surface area (Å²) in [5.74, 6) is -0.280. The molecule has 2 aliphatic heterocycles. The van der Waals surface area contributed by atoms with Crippen molar-refractivity contribution in [1.29, 1.82) is 0 Å². The summed E-state index contributed by atoms with van der Waals surface area (Å²) in [6, 6.07) is 7.76. The first-order valence-corrected chi connectivity index (χ1v) is 13.0. The molecular weight excluding hydrogens is 457 g/mol. The van der Waals surface area contributed by atoms with Crippen molar-refractivity contribution in [1.82, 2.24) is 14.0 Å². The van der Waals surface area contributed by atoms with E-state index in [-0.39, 0.29) is 36.1 Å². The van der Waals surface area contributed by atoms with Crippen molar-refractivity contribution in [3.8, 4) is 11.3 Å². The Labute approximate surface area is 200 Å². The fraction of sp³-hybridized carbons (Fsp3) is 0.500. The topological polar surface area (TPSA) is 109 Å². The van der Waals surface area contributed by atoms with Gasteiger partial charge in [0.25, 0.3) is 5.91 Å². The van der Waals surface area contributed by atoms with E-state index >= 15 is 0 Å². The predicted octanol–water partition coefficient (Wildman–Crippen LogP) is 2.83. The van der Waals surface area contributed by atoms with Crippen LogP contribution in [0.2, 0.25) is 0 Å². The molecule has 2 fully saturated rings. The van der Waals surface area contributed by atoms with Crippen LogP contribution in [0.3, 0.4) is 0 Å². The van der Waals surface area contributed by atoms with Gasteiger partial charge in [0.2, 0.25) is 0 Å². The van der Waals surface area contributed by atoms with E-state index in [1.165, 1.54) is 10.4 Å². The monoisotopic (exact) mass is 489 g/mol. The van der Waals surface area contributed by atoms with Gasteiger partial charge >= 0.3 is 10.2 Å². The third-order valence-electron chi connectivity index (χ3n) is 7.27. The lowest BCUT2D eigenvalue weighted by Gasteiger charge is -2.36. The minimum atomic E-state index is -4.03. The molecule has 34 heavy (non-hydrogen) atoms. The van der Waals surface area contributed by atoms with Crippen LogP contribution in [0, 0.1) is 18.7 Å². The number of amides is 1. The Bertz CT molecular complexity index is 1220. The van der Waals surface area contributed by atoms with Crippen molar-refractivity contribution in [2.45, 2.75) is 52.1 Å². The fourth-order valence-corrected chi connectivity index (χ4v) is 5.82. The van der Waals surface area contributed by atoms with Crippen molar-refractivity contribution in [3.05, 3.63) is 47.3 Å². The summed E-state index contributed by atoms with van der Waals surface area (Å²) >= 11 is 0. The van der Waals surface area contributed by atoms with E-state index < -0.39 is 16.1 Å². The van der Waals surface area contributed by atoms with Crippen molar-refractivity contribution >= 4 is 21.9 Å². The number of nitrogens with one attached hydrogen (secondary N) is 1. The van der Waals surface area contributed by atoms with Gasteiger partial charge in [0.05, 0.1) is 11.3 Å². The molecule has 3 N–H and O–H groups in total. The average Bonchev–Trinajstić information content (AvgIpc) is 3.32. The average molecular weight is 490 g/mol. The van der Waals surface area contributed by atoms with Crippen LogP contribution in [0.5, 0.6) is 0 Å². The van der Waals surface area contributed by atoms with E-state index in [1.807, 2.05) is 0 Å². The summed E-state index contributed by atoms with van der Waals surface area (Å²) in [6.45, 7) is 9.13. The molecular formula is C24H32FN5O3S. The Hall–Kier alpha value is -2.56. The molecule has 10 heteroatoms. The van der Waals surface area contributed by atoms with Gasteiger partial charge in [-0.05, 0) is 75.4 Å². The Morgan fingerprint density at radius 1 is 1.21 bits per heavy atom. The molecule has 3 heterocycles. The first kappa shape index (κ1) is 24.6. The first-order chi connectivity index (χ1) is 15.9. The number of carbonyl (C=O) groups excluding carboxylic acids is 1. The van der Waals surface area contributed by atoms with Gasteiger partial charge in [-0.15, -0.1) is 0 Å². The van der Waals surface area contributed by atoms with Crippen molar-refractivity contribution < 1.29 is 17.6 Å². The highest BCUT2D eigenvalue weighted by Gasteiger charge is 2.41. The number of rotatable bonds is 5. The molecule has 184 valence electrons. The maximum Gasteiger partial charge on any atom is 0.304 e. The highest BCUT2D eigenvalue weighted by Crippen LogP contribution is 2.39. The standard InChI is InChI=1S/C24H32FN5O3S/c1-15-13-17(5-7-20(15)25)21-8-6-19(22(27-21)30-12-9-16(2)24(30,3)4)23(31)28-34(32,33)29-11-10-18(26)14-29/h5-8,13,16,18H,9-12,14,26H2,1-4H3,(H,28,31)/t16?,18-/m0/s1. The number of hydrogen-bond donors (Lipinski definition) is 2. The van der Waals surface area contributed by atoms with E-state index in [1.54, 1.807) is 31.2 Å². The normalized spacial score (nSPS) is 22.8. The number of hydrogen-bond acceptors (Lipinski definition) is 6. The minimum absolute atomic E-state index is 0.174. The molecule has 2 aliphatic rings. The van der Waals surface area contributed by atoms with Crippen LogP contribution >= 0.6 is 0 Å². The zero-order valence-electron chi connectivity index (χ0n) is 20.0. The Kier molecular flexibility index (Phi) is 6.43. The largest absolute Gasteiger partial charge is 0.351 e. The van der Waals surface area contributed by atoms with E-state index in [4.69, 9.17) is 10.7 Å². The number of nitrogens with two attached hydrogens (primary N) is 1. The lowest BCUT2D eigenvalue weighted by atomic mass is 9.90. The number of anilines is 1. The molecule has 0 radical (unpaired) electrons. The molecule has 0 saturated carbocycles. The van der Waals surface area contributed by atoms with Gasteiger partial charge in [0, 0.05) is 36.8 Å². The van der Waals surface area contributed by atoms with Crippen LogP contribution in [0.4, 0.5) is 10.2 Å². The van der Waals surface area contributed by atoms with Gasteiger partial charge in [0.1, 0.15) is 11.6 Å². The summed E-state index contributed by atoms with van der Waals surface area (Å²) < 4.78 is 42.8. The summed E-state index contributed by atoms with van der Waals surface area (Å²) in [5, 5.41) is 0. The van der Waals surface area contributed by atoms with Gasteiger partial charge in [-0.25, -0.2) is 14.1 Å². The molecule has 4 rings (SSSR count). The van der Waals surface area contributed by atoms with E-state index in [9.17, 15) is 17.6 Å². The van der Waals surface area contributed by atoms with Crippen LogP contribution < -0.4 is 15.4 Å². The molecule has 2 saturated heterocycles. The van der Waals surface area contributed by atoms with Crippen LogP contribution in [0.15, 0.2) is 30.3 Å². The molecule has 1 aromatic carbocycles. The molecule has 0 aliphatic carbocycles. The second kappa shape index (κ2) is 8.90. The zero-order chi connectivity index (χ0) is 24.8. The van der Waals surface area contributed by atoms with E-state index in [2.05, 4.69) is 30.4 Å². The van der Waals surface area contributed by atoms with Crippen LogP contribution in [0.25, 0.3) is 11.3 Å². The molecule has 1 aromatic heterocycles. The van der Waals surface area contributed by atoms with Crippen LogP contribution in [0.1, 0.15) is 49.5 Å². The smallest absolute Gasteiger partial charge is 0.304 e. The Morgan fingerprint density at radius 3 is 2.53 bits per heavy atom. The first-order valence-electron chi connectivity index (χ1n) is 11.5. The van der Waals surface area contributed by atoms with Gasteiger partial charge in [-0.1, -0.05) is 6.92 Å². The van der Waals surface area contributed by atoms with Crippen molar-refractivity contribution in [3.63, 3.8) is 0 Å². The number of aromatic nitrogens is 1. The highest BCUT2D eigenvalue weighted by molar-refractivity contribution is 7.87. The van der Waals surface area contributed by atoms with Gasteiger partial charge in [-0.3, -0.25) is 4.79 Å². The van der Waals surface area contributed by atoms with E-state index in [0.717, 1.165) is 12.0 Å². The molecule has 2 atom stereocenters.